The fourth-order valence-corrected chi connectivity index (χ4v) is 11.5. The monoisotopic (exact) mass is 1240 g/mol. The third-order valence-corrected chi connectivity index (χ3v) is 16.8. The van der Waals surface area contributed by atoms with Crippen LogP contribution in [0.3, 0.4) is 0 Å². The van der Waals surface area contributed by atoms with Crippen molar-refractivity contribution in [1.29, 1.82) is 0 Å². The average molecular weight is 1240 g/mol. The van der Waals surface area contributed by atoms with Crippen LogP contribution < -0.4 is 48.0 Å². The molecular weight excluding hydrogens is 1100 g/mol. The summed E-state index contributed by atoms with van der Waals surface area (Å²) in [5, 5.41) is 0. The van der Waals surface area contributed by atoms with Gasteiger partial charge in [-0.05, 0) is 77.0 Å². The molecule has 0 unspecified atom stereocenters. The number of hydrogen-bond acceptors (Lipinski definition) is 0. The zero-order valence-electron chi connectivity index (χ0n) is 52.1. The normalized spacial score (nSPS) is 11.7. The first-order valence-corrected chi connectivity index (χ1v) is 34.0. The van der Waals surface area contributed by atoms with Gasteiger partial charge in [0.2, 0.25) is 0 Å². The van der Waals surface area contributed by atoms with Gasteiger partial charge >= 0.3 is 0 Å². The number of quaternary nitrogens is 2. The van der Waals surface area contributed by atoms with Crippen molar-refractivity contribution in [2.75, 3.05) is 53.4 Å². The zero-order chi connectivity index (χ0) is 51.4. The van der Waals surface area contributed by atoms with E-state index in [1.165, 1.54) is 395 Å². The number of halogens is 2. The molecule has 0 rings (SSSR count). The summed E-state index contributed by atoms with van der Waals surface area (Å²) >= 11 is 0. The highest BCUT2D eigenvalue weighted by Gasteiger charge is 2.21. The molecule has 440 valence electrons. The minimum Gasteiger partial charge on any atom is -1.00 e. The fraction of sp³-hybridized carbons (Fsp3) is 1.00. The summed E-state index contributed by atoms with van der Waals surface area (Å²) < 4.78 is 2.73. The molecule has 4 heteroatoms. The van der Waals surface area contributed by atoms with Gasteiger partial charge in [0.05, 0.1) is 53.4 Å². The maximum absolute atomic E-state index is 2.61. The van der Waals surface area contributed by atoms with E-state index in [0.29, 0.717) is 0 Å². The van der Waals surface area contributed by atoms with Crippen LogP contribution in [-0.4, -0.2) is 62.3 Å². The molecule has 0 aliphatic carbocycles. The van der Waals surface area contributed by atoms with E-state index in [2.05, 4.69) is 55.6 Å². The van der Waals surface area contributed by atoms with Crippen molar-refractivity contribution < 1.29 is 56.9 Å². The second-order valence-corrected chi connectivity index (χ2v) is 24.6. The van der Waals surface area contributed by atoms with Gasteiger partial charge in [0.1, 0.15) is 0 Å². The molecule has 0 bridgehead atoms. The van der Waals surface area contributed by atoms with Gasteiger partial charge in [-0.15, -0.1) is 0 Å². The zero-order valence-corrected chi connectivity index (χ0v) is 56.4. The van der Waals surface area contributed by atoms with Crippen molar-refractivity contribution in [2.24, 2.45) is 0 Å². The van der Waals surface area contributed by atoms with Crippen molar-refractivity contribution in [2.45, 2.75) is 388 Å². The minimum absolute atomic E-state index is 0. The lowest BCUT2D eigenvalue weighted by atomic mass is 10.0. The van der Waals surface area contributed by atoms with E-state index in [9.17, 15) is 0 Å². The smallest absolute Gasteiger partial charge is 0.0784 e. The highest BCUT2D eigenvalue weighted by atomic mass is 127. The molecule has 0 aliphatic rings. The Morgan fingerprint density at radius 1 is 0.139 bits per heavy atom. The van der Waals surface area contributed by atoms with Gasteiger partial charge in [0.15, 0.2) is 0 Å². The first-order valence-electron chi connectivity index (χ1n) is 34.0. The Kier molecular flexibility index (Phi) is 76.0. The number of unbranched alkanes of at least 4 members (excludes halogenated alkanes) is 48. The second kappa shape index (κ2) is 68.5. The Labute approximate surface area is 494 Å². The highest BCUT2D eigenvalue weighted by Crippen LogP contribution is 2.20. The van der Waals surface area contributed by atoms with Crippen LogP contribution in [-0.2, 0) is 0 Å². The molecule has 0 heterocycles. The number of rotatable bonds is 60. The van der Waals surface area contributed by atoms with E-state index in [0.717, 1.165) is 0 Å². The predicted octanol–water partition coefficient (Wildman–Crippen LogP) is 18.1. The summed E-state index contributed by atoms with van der Waals surface area (Å²) in [4.78, 5) is 0. The maximum atomic E-state index is 2.61. The molecule has 0 aromatic carbocycles. The molecule has 0 fully saturated rings. The van der Waals surface area contributed by atoms with Crippen molar-refractivity contribution in [3.63, 3.8) is 0 Å². The summed E-state index contributed by atoms with van der Waals surface area (Å²) in [5.74, 6) is 0. The molecule has 0 radical (unpaired) electrons. The molecule has 0 saturated carbocycles. The van der Waals surface area contributed by atoms with Crippen LogP contribution in [0.25, 0.3) is 0 Å². The van der Waals surface area contributed by atoms with Gasteiger partial charge < -0.3 is 56.9 Å². The highest BCUT2D eigenvalue weighted by molar-refractivity contribution is 4.55. The third-order valence-electron chi connectivity index (χ3n) is 16.8. The molecule has 0 saturated heterocycles. The molecule has 72 heavy (non-hydrogen) atoms. The largest absolute Gasteiger partial charge is 1.00 e. The lowest BCUT2D eigenvalue weighted by molar-refractivity contribution is -0.910. The van der Waals surface area contributed by atoms with E-state index < -0.39 is 0 Å². The molecule has 0 atom stereocenters. The second-order valence-electron chi connectivity index (χ2n) is 24.6. The molecule has 0 N–H and O–H groups in total. The maximum Gasteiger partial charge on any atom is 0.0784 e. The molecule has 0 aromatic heterocycles. The van der Waals surface area contributed by atoms with Crippen molar-refractivity contribution in [3.05, 3.63) is 0 Å². The summed E-state index contributed by atoms with van der Waals surface area (Å²) in [6.07, 6.45) is 78.6. The number of nitrogens with zero attached hydrogens (tertiary/aromatic N) is 2. The topological polar surface area (TPSA) is 0 Å². The first-order chi connectivity index (χ1) is 34.4. The van der Waals surface area contributed by atoms with Gasteiger partial charge in [0, 0.05) is 0 Å². The Bertz CT molecular complexity index is 801. The van der Waals surface area contributed by atoms with E-state index in [1.54, 1.807) is 0 Å². The van der Waals surface area contributed by atoms with Crippen LogP contribution in [0.4, 0.5) is 0 Å². The van der Waals surface area contributed by atoms with Crippen LogP contribution in [0.2, 0.25) is 0 Å². The quantitative estimate of drug-likeness (QED) is 0.0323. The van der Waals surface area contributed by atoms with Gasteiger partial charge in [-0.3, -0.25) is 0 Å². The van der Waals surface area contributed by atoms with Gasteiger partial charge in [-0.1, -0.05) is 311 Å². The molecule has 0 aromatic rings. The predicted molar refractivity (Wildman–Crippen MR) is 325 cm³/mol. The van der Waals surface area contributed by atoms with Crippen LogP contribution in [0.5, 0.6) is 0 Å². The molecule has 0 spiro atoms. The number of hydrogen-bond donors (Lipinski definition) is 0. The van der Waals surface area contributed by atoms with E-state index in [1.807, 2.05) is 0 Å². The third kappa shape index (κ3) is 65.7. The lowest BCUT2D eigenvalue weighted by Crippen LogP contribution is -3.00. The van der Waals surface area contributed by atoms with Crippen LogP contribution in [0.1, 0.15) is 388 Å². The lowest BCUT2D eigenvalue weighted by Gasteiger charge is -2.35. The van der Waals surface area contributed by atoms with E-state index in [4.69, 9.17) is 0 Å². The standard InChI is InChI=1S/C37H78N.C31H66N.2HI/c1-5-8-11-14-17-20-23-26-29-32-35-38(4,36-33-30-27-24-21-18-15-12-9-6-2)37-34-31-28-25-22-19-16-13-10-7-3;1-5-8-11-14-17-20-23-26-29-32(4,30-27-24-21-18-15-12-9-6-2)31-28-25-22-19-16-13-10-7-3;;/h5-37H2,1-4H3;5-31H2,1-4H3;2*1H/q2*+1;;/p-2. The molecular formula is C68H144I2N2. The Hall–Kier alpha value is 1.38. The van der Waals surface area contributed by atoms with E-state index >= 15 is 0 Å². The van der Waals surface area contributed by atoms with Crippen molar-refractivity contribution in [3.8, 4) is 0 Å². The summed E-state index contributed by atoms with van der Waals surface area (Å²) in [7, 11) is 5.19. The van der Waals surface area contributed by atoms with Crippen LogP contribution in [0.15, 0.2) is 0 Å². The van der Waals surface area contributed by atoms with Crippen LogP contribution in [0, 0.1) is 0 Å². The average Bonchev–Trinajstić information content (AvgIpc) is 3.36. The Morgan fingerprint density at radius 3 is 0.319 bits per heavy atom. The van der Waals surface area contributed by atoms with Crippen molar-refractivity contribution in [1.82, 2.24) is 0 Å². The Balaban J connectivity index is -0.000000633. The van der Waals surface area contributed by atoms with E-state index in [-0.39, 0.29) is 48.0 Å². The molecule has 0 amide bonds. The van der Waals surface area contributed by atoms with Crippen LogP contribution >= 0.6 is 0 Å². The summed E-state index contributed by atoms with van der Waals surface area (Å²) in [6.45, 7) is 22.5. The molecule has 2 nitrogen and oxygen atoms in total. The van der Waals surface area contributed by atoms with Gasteiger partial charge in [-0.2, -0.15) is 0 Å². The SMILES string of the molecule is CCCCCCCCCCCC[N+](C)(CCCCCCCCCCCC)CCCCCCCCCCCC.CCCCCCCCCC[N+](C)(CCCCCCCCCC)CCCCCCCCCC.[I-].[I-]. The van der Waals surface area contributed by atoms with Crippen molar-refractivity contribution >= 4 is 0 Å². The summed E-state index contributed by atoms with van der Waals surface area (Å²) in [6, 6.07) is 0. The fourth-order valence-electron chi connectivity index (χ4n) is 11.5. The first kappa shape index (κ1) is 79.9. The summed E-state index contributed by atoms with van der Waals surface area (Å²) in [5.41, 5.74) is 0. The van der Waals surface area contributed by atoms with Gasteiger partial charge in [0.25, 0.3) is 0 Å². The minimum atomic E-state index is 0. The Morgan fingerprint density at radius 2 is 0.222 bits per heavy atom. The van der Waals surface area contributed by atoms with Gasteiger partial charge in [-0.25, -0.2) is 0 Å². The molecule has 0 aliphatic heterocycles.